The molecule has 8 N–H and O–H groups in total. The van der Waals surface area contributed by atoms with Gasteiger partial charge in [-0.25, -0.2) is 4.85 Å². The normalized spacial score (nSPS) is 10.5. The summed E-state index contributed by atoms with van der Waals surface area (Å²) in [7, 11) is 0. The second kappa shape index (κ2) is 21.6. The number of aryl methyl sites for hydroxylation is 4. The predicted molar refractivity (Wildman–Crippen MR) is 268 cm³/mol. The third-order valence-electron chi connectivity index (χ3n) is 10.7. The minimum absolute atomic E-state index is 0. The van der Waals surface area contributed by atoms with Crippen LogP contribution in [0.1, 0.15) is 50.1 Å². The quantitative estimate of drug-likeness (QED) is 0.0991. The highest BCUT2D eigenvalue weighted by Crippen LogP contribution is 2.37. The van der Waals surface area contributed by atoms with Crippen molar-refractivity contribution in [3.05, 3.63) is 231 Å². The van der Waals surface area contributed by atoms with Crippen LogP contribution in [0.5, 0.6) is 0 Å². The van der Waals surface area contributed by atoms with Gasteiger partial charge >= 0.3 is 0 Å². The molecule has 8 aromatic rings. The first-order chi connectivity index (χ1) is 29.2. The molecule has 0 saturated carbocycles. The Kier molecular flexibility index (Phi) is 16.4. The van der Waals surface area contributed by atoms with E-state index in [4.69, 9.17) is 6.57 Å². The fourth-order valence-corrected chi connectivity index (χ4v) is 7.39. The Balaban J connectivity index is 0.00000224. The lowest BCUT2D eigenvalue weighted by molar-refractivity contribution is 0.823. The predicted octanol–water partition coefficient (Wildman–Crippen LogP) is 12.5. The van der Waals surface area contributed by atoms with Gasteiger partial charge in [0.1, 0.15) is 0 Å². The topological polar surface area (TPSA) is 161 Å². The van der Waals surface area contributed by atoms with E-state index in [-0.39, 0.29) is 21.9 Å². The Hall–Kier alpha value is -8.08. The van der Waals surface area contributed by atoms with E-state index in [1.54, 1.807) is 0 Å². The molecular formula is C56H52N4O4. The first kappa shape index (κ1) is 48.6. The summed E-state index contributed by atoms with van der Waals surface area (Å²) in [5.74, 6) is 0. The Labute approximate surface area is 375 Å². The molecule has 8 nitrogen and oxygen atoms in total. The van der Waals surface area contributed by atoms with E-state index in [1.165, 1.54) is 22.3 Å². The Bertz CT molecular complexity index is 2650. The fraction of sp³-hybridized carbons (Fsp3) is 0.0714. The molecule has 0 radical (unpaired) electrons. The number of hydrogen-bond donors (Lipinski definition) is 0. The van der Waals surface area contributed by atoms with Crippen LogP contribution in [-0.2, 0) is 0 Å². The number of fused-ring (bicyclic) bond motifs is 1. The van der Waals surface area contributed by atoms with Crippen LogP contribution >= 0.6 is 0 Å². The van der Waals surface area contributed by atoms with Gasteiger partial charge in [-0.2, -0.15) is 5.26 Å². The number of benzene rings is 8. The van der Waals surface area contributed by atoms with Gasteiger partial charge in [0.15, 0.2) is 5.69 Å². The summed E-state index contributed by atoms with van der Waals surface area (Å²) in [6.45, 7) is 16.5. The zero-order valence-electron chi connectivity index (χ0n) is 36.3. The molecule has 0 aliphatic rings. The highest BCUT2D eigenvalue weighted by atomic mass is 16.0. The number of anilines is 6. The molecule has 0 saturated heterocycles. The van der Waals surface area contributed by atoms with E-state index >= 15 is 0 Å². The average Bonchev–Trinajstić information content (AvgIpc) is 3.28. The SMILES string of the molecule is O.O.O.O.[C-]#[N+]c1cc(/C=C\c2ccc(N(c3ccc(C)cc3)c3ccc(C)cc3)cc2)cc2c(C#N)cc(/C=C\c3ccc(N(c4ccc(C)cc4)c4ccc(C)cc4)cc3)cc12. The molecule has 0 spiro atoms. The summed E-state index contributed by atoms with van der Waals surface area (Å²) < 4.78 is 0. The average molecular weight is 845 g/mol. The van der Waals surface area contributed by atoms with Gasteiger partial charge in [-0.3, -0.25) is 0 Å². The summed E-state index contributed by atoms with van der Waals surface area (Å²) in [4.78, 5) is 8.42. The van der Waals surface area contributed by atoms with Gasteiger partial charge in [0, 0.05) is 34.1 Å². The monoisotopic (exact) mass is 844 g/mol. The summed E-state index contributed by atoms with van der Waals surface area (Å²) in [5, 5.41) is 11.8. The second-order valence-corrected chi connectivity index (χ2v) is 15.3. The molecule has 8 rings (SSSR count). The summed E-state index contributed by atoms with van der Waals surface area (Å²) in [5.41, 5.74) is 16.2. The number of nitriles is 1. The molecule has 0 bridgehead atoms. The van der Waals surface area contributed by atoms with Crippen molar-refractivity contribution in [2.75, 3.05) is 9.80 Å². The van der Waals surface area contributed by atoms with Crippen LogP contribution in [0.2, 0.25) is 0 Å². The molecule has 0 aliphatic heterocycles. The maximum atomic E-state index is 10.3. The minimum atomic E-state index is 0. The first-order valence-electron chi connectivity index (χ1n) is 20.1. The maximum absolute atomic E-state index is 10.3. The molecule has 0 atom stereocenters. The third kappa shape index (κ3) is 10.9. The smallest absolute Gasteiger partial charge is 0.195 e. The molecule has 0 amide bonds. The van der Waals surface area contributed by atoms with Crippen LogP contribution in [0.25, 0.3) is 39.9 Å². The Morgan fingerprint density at radius 2 is 0.672 bits per heavy atom. The lowest BCUT2D eigenvalue weighted by atomic mass is 9.97. The summed E-state index contributed by atoms with van der Waals surface area (Å²) >= 11 is 0. The Morgan fingerprint density at radius 3 is 0.984 bits per heavy atom. The summed E-state index contributed by atoms with van der Waals surface area (Å²) in [6, 6.07) is 61.5. The maximum Gasteiger partial charge on any atom is 0.195 e. The number of nitrogens with zero attached hydrogens (tertiary/aromatic N) is 4. The van der Waals surface area contributed by atoms with Crippen LogP contribution in [0.4, 0.5) is 39.8 Å². The van der Waals surface area contributed by atoms with E-state index < -0.39 is 0 Å². The van der Waals surface area contributed by atoms with E-state index in [9.17, 15) is 5.26 Å². The Morgan fingerprint density at radius 1 is 0.391 bits per heavy atom. The molecule has 320 valence electrons. The van der Waals surface area contributed by atoms with E-state index in [2.05, 4.69) is 206 Å². The van der Waals surface area contributed by atoms with Crippen LogP contribution in [0.3, 0.4) is 0 Å². The van der Waals surface area contributed by atoms with Crippen molar-refractivity contribution < 1.29 is 21.9 Å². The van der Waals surface area contributed by atoms with Gasteiger partial charge in [-0.15, -0.1) is 0 Å². The van der Waals surface area contributed by atoms with Gasteiger partial charge in [0.25, 0.3) is 0 Å². The number of hydrogen-bond acceptors (Lipinski definition) is 3. The highest BCUT2D eigenvalue weighted by Gasteiger charge is 2.14. The second-order valence-electron chi connectivity index (χ2n) is 15.3. The molecule has 0 unspecified atom stereocenters. The molecule has 64 heavy (non-hydrogen) atoms. The van der Waals surface area contributed by atoms with Crippen molar-refractivity contribution in [3.63, 3.8) is 0 Å². The highest BCUT2D eigenvalue weighted by molar-refractivity contribution is 6.01. The van der Waals surface area contributed by atoms with Crippen molar-refractivity contribution >= 4 is 74.9 Å². The molecule has 8 aromatic carbocycles. The zero-order chi connectivity index (χ0) is 41.6. The third-order valence-corrected chi connectivity index (χ3v) is 10.7. The van der Waals surface area contributed by atoms with Crippen molar-refractivity contribution in [3.8, 4) is 6.07 Å². The lowest BCUT2D eigenvalue weighted by Crippen LogP contribution is -2.09. The van der Waals surface area contributed by atoms with E-state index in [0.717, 1.165) is 67.2 Å². The van der Waals surface area contributed by atoms with Crippen molar-refractivity contribution in [2.45, 2.75) is 27.7 Å². The molecule has 0 fully saturated rings. The van der Waals surface area contributed by atoms with Crippen molar-refractivity contribution in [1.29, 1.82) is 5.26 Å². The van der Waals surface area contributed by atoms with Crippen molar-refractivity contribution in [2.24, 2.45) is 0 Å². The zero-order valence-corrected chi connectivity index (χ0v) is 36.3. The van der Waals surface area contributed by atoms with Gasteiger partial charge < -0.3 is 31.7 Å². The van der Waals surface area contributed by atoms with Crippen LogP contribution in [0, 0.1) is 45.6 Å². The largest absolute Gasteiger partial charge is 0.412 e. The van der Waals surface area contributed by atoms with Crippen molar-refractivity contribution in [1.82, 2.24) is 0 Å². The minimum Gasteiger partial charge on any atom is -0.412 e. The van der Waals surface area contributed by atoms with Crippen LogP contribution < -0.4 is 9.80 Å². The molecular weight excluding hydrogens is 793 g/mol. The molecule has 0 heterocycles. The van der Waals surface area contributed by atoms with Gasteiger partial charge in [0.05, 0.1) is 18.2 Å². The van der Waals surface area contributed by atoms with Crippen LogP contribution in [-0.4, -0.2) is 21.9 Å². The standard InChI is InChI=1S/C56H44N4.4H2O/c1-39-6-22-48(23-7-39)59(49-24-8-40(2)9-25-49)52-30-18-43(19-31-52)14-16-45-34-47(38-57)54-35-46(37-56(58-5)55(54)36-45)17-15-44-20-32-53(33-21-44)60(50-26-10-41(3)11-27-50)51-28-12-42(4)13-29-51;;;;/h6-37H,1-4H3;4*1H2/b16-14-,17-15-;;;;. The van der Waals surface area contributed by atoms with Gasteiger partial charge in [-0.1, -0.05) is 125 Å². The first-order valence-corrected chi connectivity index (χ1v) is 20.1. The molecule has 0 aromatic heterocycles. The van der Waals surface area contributed by atoms with Gasteiger partial charge in [0.2, 0.25) is 0 Å². The van der Waals surface area contributed by atoms with Gasteiger partial charge in [-0.05, 0) is 152 Å². The van der Waals surface area contributed by atoms with Crippen LogP contribution in [0.15, 0.2) is 170 Å². The fourth-order valence-electron chi connectivity index (χ4n) is 7.39. The molecule has 8 heteroatoms. The van der Waals surface area contributed by atoms with E-state index in [1.807, 2.05) is 36.4 Å². The summed E-state index contributed by atoms with van der Waals surface area (Å²) in [6.07, 6.45) is 8.13. The lowest BCUT2D eigenvalue weighted by Gasteiger charge is -2.25. The molecule has 0 aliphatic carbocycles. The van der Waals surface area contributed by atoms with E-state index in [0.29, 0.717) is 11.3 Å². The number of rotatable bonds is 10.